The Morgan fingerprint density at radius 2 is 2.29 bits per heavy atom. The van der Waals surface area contributed by atoms with Gasteiger partial charge in [-0.05, 0) is 18.8 Å². The van der Waals surface area contributed by atoms with Crippen LogP contribution in [0.25, 0.3) is 0 Å². The van der Waals surface area contributed by atoms with Crippen LogP contribution >= 0.6 is 11.6 Å². The minimum Gasteiger partial charge on any atom is -0.338 e. The van der Waals surface area contributed by atoms with E-state index in [-0.39, 0.29) is 6.04 Å². The molecule has 0 aromatic rings. The second-order valence-electron chi connectivity index (χ2n) is 4.18. The van der Waals surface area contributed by atoms with Gasteiger partial charge in [-0.1, -0.05) is 20.3 Å². The van der Waals surface area contributed by atoms with Gasteiger partial charge >= 0.3 is 0 Å². The van der Waals surface area contributed by atoms with Gasteiger partial charge in [-0.2, -0.15) is 0 Å². The van der Waals surface area contributed by atoms with E-state index in [9.17, 15) is 4.79 Å². The molecule has 2 atom stereocenters. The molecule has 0 aliphatic carbocycles. The Morgan fingerprint density at radius 1 is 1.57 bits per heavy atom. The van der Waals surface area contributed by atoms with Gasteiger partial charge in [0.25, 0.3) is 0 Å². The molecule has 2 unspecified atom stereocenters. The van der Waals surface area contributed by atoms with Crippen molar-refractivity contribution in [2.24, 2.45) is 5.92 Å². The van der Waals surface area contributed by atoms with Gasteiger partial charge in [0.15, 0.2) is 0 Å². The molecule has 1 amide bonds. The third-order valence-corrected chi connectivity index (χ3v) is 3.42. The van der Waals surface area contributed by atoms with Crippen LogP contribution in [0.5, 0.6) is 0 Å². The Hall–Kier alpha value is -0.240. The Morgan fingerprint density at radius 3 is 2.86 bits per heavy atom. The van der Waals surface area contributed by atoms with Crippen molar-refractivity contribution < 1.29 is 4.79 Å². The van der Waals surface area contributed by atoms with Crippen molar-refractivity contribution >= 4 is 17.5 Å². The van der Waals surface area contributed by atoms with E-state index in [0.717, 1.165) is 25.8 Å². The Labute approximate surface area is 91.6 Å². The lowest BCUT2D eigenvalue weighted by molar-refractivity contribution is -0.132. The van der Waals surface area contributed by atoms with Crippen LogP contribution in [0.2, 0.25) is 0 Å². The molecule has 0 N–H and O–H groups in total. The standard InChI is InChI=1S/C11H20ClNO/c1-3-4-5-11(14)13-7-6-9(2)10(13)8-12/h9-10H,3-8H2,1-2H3. The summed E-state index contributed by atoms with van der Waals surface area (Å²) in [4.78, 5) is 13.8. The molecular formula is C11H20ClNO. The summed E-state index contributed by atoms with van der Waals surface area (Å²) in [6.45, 7) is 5.19. The summed E-state index contributed by atoms with van der Waals surface area (Å²) in [6.07, 6.45) is 3.88. The number of carbonyl (C=O) groups excluding carboxylic acids is 1. The summed E-state index contributed by atoms with van der Waals surface area (Å²) in [6, 6.07) is 0.279. The maximum atomic E-state index is 11.8. The molecule has 1 rings (SSSR count). The van der Waals surface area contributed by atoms with Crippen LogP contribution in [0, 0.1) is 5.92 Å². The predicted molar refractivity (Wildman–Crippen MR) is 59.5 cm³/mol. The molecule has 0 saturated carbocycles. The molecule has 1 heterocycles. The number of carbonyl (C=O) groups is 1. The highest BCUT2D eigenvalue weighted by molar-refractivity contribution is 6.18. The van der Waals surface area contributed by atoms with E-state index < -0.39 is 0 Å². The van der Waals surface area contributed by atoms with Gasteiger partial charge in [-0.3, -0.25) is 4.79 Å². The first-order valence-corrected chi connectivity index (χ1v) is 6.09. The molecule has 1 aliphatic rings. The van der Waals surface area contributed by atoms with Gasteiger partial charge in [-0.15, -0.1) is 11.6 Å². The van der Waals surface area contributed by atoms with Gasteiger partial charge in [0, 0.05) is 24.9 Å². The van der Waals surface area contributed by atoms with Crippen LogP contribution in [-0.4, -0.2) is 29.3 Å². The van der Waals surface area contributed by atoms with Crippen molar-refractivity contribution in [1.82, 2.24) is 4.90 Å². The van der Waals surface area contributed by atoms with E-state index in [1.807, 2.05) is 4.90 Å². The lowest BCUT2D eigenvalue weighted by atomic mass is 10.0. The van der Waals surface area contributed by atoms with E-state index in [1.165, 1.54) is 0 Å². The third-order valence-electron chi connectivity index (χ3n) is 3.11. The number of hydrogen-bond acceptors (Lipinski definition) is 1. The minimum absolute atomic E-state index is 0.279. The Kier molecular flexibility index (Phi) is 4.73. The smallest absolute Gasteiger partial charge is 0.222 e. The normalized spacial score (nSPS) is 26.9. The van der Waals surface area contributed by atoms with E-state index in [4.69, 9.17) is 11.6 Å². The number of alkyl halides is 1. The van der Waals surface area contributed by atoms with Gasteiger partial charge in [0.1, 0.15) is 0 Å². The topological polar surface area (TPSA) is 20.3 Å². The number of amides is 1. The van der Waals surface area contributed by atoms with Gasteiger partial charge in [0.2, 0.25) is 5.91 Å². The zero-order chi connectivity index (χ0) is 10.6. The summed E-state index contributed by atoms with van der Waals surface area (Å²) in [5.41, 5.74) is 0. The molecule has 1 saturated heterocycles. The largest absolute Gasteiger partial charge is 0.338 e. The summed E-state index contributed by atoms with van der Waals surface area (Å²) in [7, 11) is 0. The zero-order valence-corrected chi connectivity index (χ0v) is 9.89. The van der Waals surface area contributed by atoms with E-state index >= 15 is 0 Å². The van der Waals surface area contributed by atoms with Crippen LogP contribution < -0.4 is 0 Å². The summed E-state index contributed by atoms with van der Waals surface area (Å²) in [5.74, 6) is 1.44. The predicted octanol–water partition coefficient (Wildman–Crippen LogP) is 2.65. The first kappa shape index (κ1) is 11.8. The molecule has 1 fully saturated rings. The molecule has 14 heavy (non-hydrogen) atoms. The van der Waals surface area contributed by atoms with Crippen LogP contribution in [0.15, 0.2) is 0 Å². The van der Waals surface area contributed by atoms with Crippen LogP contribution in [0.4, 0.5) is 0 Å². The van der Waals surface area contributed by atoms with Gasteiger partial charge < -0.3 is 4.90 Å². The molecule has 0 radical (unpaired) electrons. The van der Waals surface area contributed by atoms with Crippen molar-refractivity contribution in [2.75, 3.05) is 12.4 Å². The van der Waals surface area contributed by atoms with Crippen LogP contribution in [0.1, 0.15) is 39.5 Å². The lowest BCUT2D eigenvalue weighted by Gasteiger charge is -2.25. The quantitative estimate of drug-likeness (QED) is 0.663. The molecular weight excluding hydrogens is 198 g/mol. The highest BCUT2D eigenvalue weighted by Crippen LogP contribution is 2.25. The van der Waals surface area contributed by atoms with Gasteiger partial charge in [0.05, 0.1) is 0 Å². The molecule has 0 bridgehead atoms. The number of unbranched alkanes of at least 4 members (excludes halogenated alkanes) is 1. The molecule has 0 aromatic carbocycles. The Bertz CT molecular complexity index is 196. The summed E-state index contributed by atoms with van der Waals surface area (Å²) >= 11 is 5.88. The van der Waals surface area contributed by atoms with Crippen LogP contribution in [-0.2, 0) is 4.79 Å². The van der Waals surface area contributed by atoms with Crippen molar-refractivity contribution in [1.29, 1.82) is 0 Å². The Balaban J connectivity index is 2.46. The fraction of sp³-hybridized carbons (Fsp3) is 0.909. The maximum Gasteiger partial charge on any atom is 0.222 e. The SMILES string of the molecule is CCCCC(=O)N1CCC(C)C1CCl. The lowest BCUT2D eigenvalue weighted by Crippen LogP contribution is -2.38. The second kappa shape index (κ2) is 5.59. The third kappa shape index (κ3) is 2.63. The van der Waals surface area contributed by atoms with E-state index in [2.05, 4.69) is 13.8 Å². The average Bonchev–Trinajstić information content (AvgIpc) is 2.55. The number of likely N-dealkylation sites (tertiary alicyclic amines) is 1. The van der Waals surface area contributed by atoms with E-state index in [0.29, 0.717) is 24.1 Å². The summed E-state index contributed by atoms with van der Waals surface area (Å²) in [5, 5.41) is 0. The summed E-state index contributed by atoms with van der Waals surface area (Å²) < 4.78 is 0. The second-order valence-corrected chi connectivity index (χ2v) is 4.49. The molecule has 2 nitrogen and oxygen atoms in total. The van der Waals surface area contributed by atoms with Gasteiger partial charge in [-0.25, -0.2) is 0 Å². The number of rotatable bonds is 4. The van der Waals surface area contributed by atoms with E-state index in [1.54, 1.807) is 0 Å². The first-order chi connectivity index (χ1) is 6.70. The average molecular weight is 218 g/mol. The molecule has 3 heteroatoms. The van der Waals surface area contributed by atoms with Crippen LogP contribution in [0.3, 0.4) is 0 Å². The number of nitrogens with zero attached hydrogens (tertiary/aromatic N) is 1. The molecule has 82 valence electrons. The zero-order valence-electron chi connectivity index (χ0n) is 9.13. The fourth-order valence-electron chi connectivity index (χ4n) is 2.02. The fourth-order valence-corrected chi connectivity index (χ4v) is 2.50. The van der Waals surface area contributed by atoms with Crippen molar-refractivity contribution in [2.45, 2.75) is 45.6 Å². The first-order valence-electron chi connectivity index (χ1n) is 5.56. The molecule has 0 aromatic heterocycles. The minimum atomic E-state index is 0.279. The van der Waals surface area contributed by atoms with Crippen molar-refractivity contribution in [3.63, 3.8) is 0 Å². The van der Waals surface area contributed by atoms with Crippen molar-refractivity contribution in [3.8, 4) is 0 Å². The van der Waals surface area contributed by atoms with Crippen molar-refractivity contribution in [3.05, 3.63) is 0 Å². The number of hydrogen-bond donors (Lipinski definition) is 0. The number of halogens is 1. The highest BCUT2D eigenvalue weighted by Gasteiger charge is 2.32. The molecule has 0 spiro atoms. The monoisotopic (exact) mass is 217 g/mol. The highest BCUT2D eigenvalue weighted by atomic mass is 35.5. The maximum absolute atomic E-state index is 11.8. The molecule has 1 aliphatic heterocycles.